The Hall–Kier alpha value is -3.38. The second kappa shape index (κ2) is 10.4. The van der Waals surface area contributed by atoms with Crippen LogP contribution in [-0.2, 0) is 4.79 Å². The van der Waals surface area contributed by atoms with Crippen molar-refractivity contribution in [2.75, 3.05) is 13.7 Å². The molecule has 2 aromatic carbocycles. The zero-order chi connectivity index (χ0) is 21.3. The monoisotopic (exact) mass is 420 g/mol. The van der Waals surface area contributed by atoms with Crippen LogP contribution in [0.3, 0.4) is 0 Å². The summed E-state index contributed by atoms with van der Waals surface area (Å²) in [5.41, 5.74) is 1.79. The van der Waals surface area contributed by atoms with Gasteiger partial charge in [0.05, 0.1) is 7.11 Å². The Balaban J connectivity index is 1.71. The molecule has 5 nitrogen and oxygen atoms in total. The van der Waals surface area contributed by atoms with Gasteiger partial charge in [0.15, 0.2) is 0 Å². The lowest BCUT2D eigenvalue weighted by molar-refractivity contribution is -0.117. The van der Waals surface area contributed by atoms with Gasteiger partial charge in [-0.1, -0.05) is 43.3 Å². The minimum absolute atomic E-state index is 0.149. The van der Waals surface area contributed by atoms with Crippen LogP contribution in [-0.4, -0.2) is 25.5 Å². The van der Waals surface area contributed by atoms with Gasteiger partial charge in [0.25, 0.3) is 11.8 Å². The molecule has 0 aliphatic heterocycles. The van der Waals surface area contributed by atoms with Crippen molar-refractivity contribution >= 4 is 29.2 Å². The molecule has 0 aliphatic carbocycles. The molecule has 0 spiro atoms. The van der Waals surface area contributed by atoms with E-state index in [0.717, 1.165) is 10.4 Å². The van der Waals surface area contributed by atoms with Crippen LogP contribution >= 0.6 is 11.3 Å². The number of carbonyl (C=O) groups excluding carboxylic acids is 2. The van der Waals surface area contributed by atoms with Crippen LogP contribution in [0.5, 0.6) is 5.75 Å². The first-order chi connectivity index (χ1) is 14.6. The van der Waals surface area contributed by atoms with Gasteiger partial charge < -0.3 is 15.4 Å². The molecule has 0 bridgehead atoms. The lowest BCUT2D eigenvalue weighted by Crippen LogP contribution is -2.36. The van der Waals surface area contributed by atoms with E-state index >= 15 is 0 Å². The van der Waals surface area contributed by atoms with E-state index in [0.29, 0.717) is 17.9 Å². The average molecular weight is 421 g/mol. The predicted octanol–water partition coefficient (Wildman–Crippen LogP) is 4.45. The first-order valence-electron chi connectivity index (χ1n) is 9.60. The van der Waals surface area contributed by atoms with Crippen LogP contribution in [0.4, 0.5) is 0 Å². The fourth-order valence-corrected chi connectivity index (χ4v) is 3.51. The summed E-state index contributed by atoms with van der Waals surface area (Å²) in [5.74, 6) is 0.128. The minimum Gasteiger partial charge on any atom is -0.497 e. The van der Waals surface area contributed by atoms with Crippen LogP contribution in [0.15, 0.2) is 77.8 Å². The molecule has 1 aromatic heterocycles. The van der Waals surface area contributed by atoms with Gasteiger partial charge in [0, 0.05) is 17.0 Å². The van der Waals surface area contributed by atoms with Crippen molar-refractivity contribution in [3.8, 4) is 5.75 Å². The first kappa shape index (κ1) is 21.3. The van der Waals surface area contributed by atoms with Crippen molar-refractivity contribution in [2.24, 2.45) is 0 Å². The number of ether oxygens (including phenoxy) is 1. The largest absolute Gasteiger partial charge is 0.497 e. The van der Waals surface area contributed by atoms with Gasteiger partial charge in [-0.2, -0.15) is 0 Å². The summed E-state index contributed by atoms with van der Waals surface area (Å²) in [4.78, 5) is 26.4. The zero-order valence-electron chi connectivity index (χ0n) is 16.9. The SMILES string of the molecule is COc1ccc(C(=O)N/C(=C\c2cccs2)C(=O)NCC(C)c2ccccc2)cc1. The Labute approximate surface area is 180 Å². The number of carbonyl (C=O) groups is 2. The highest BCUT2D eigenvalue weighted by molar-refractivity contribution is 7.10. The molecule has 3 aromatic rings. The number of hydrogen-bond acceptors (Lipinski definition) is 4. The summed E-state index contributed by atoms with van der Waals surface area (Å²) >= 11 is 1.49. The first-order valence-corrected chi connectivity index (χ1v) is 10.5. The van der Waals surface area contributed by atoms with Gasteiger partial charge >= 0.3 is 0 Å². The third-order valence-corrected chi connectivity index (χ3v) is 5.43. The second-order valence-corrected chi connectivity index (χ2v) is 7.76. The van der Waals surface area contributed by atoms with Gasteiger partial charge in [0.1, 0.15) is 11.4 Å². The average Bonchev–Trinajstić information content (AvgIpc) is 3.30. The van der Waals surface area contributed by atoms with Crippen molar-refractivity contribution in [3.63, 3.8) is 0 Å². The Morgan fingerprint density at radius 1 is 1.03 bits per heavy atom. The molecule has 3 rings (SSSR count). The lowest BCUT2D eigenvalue weighted by Gasteiger charge is -2.15. The smallest absolute Gasteiger partial charge is 0.267 e. The van der Waals surface area contributed by atoms with E-state index in [4.69, 9.17) is 4.74 Å². The summed E-state index contributed by atoms with van der Waals surface area (Å²) in [6, 6.07) is 20.5. The standard InChI is InChI=1S/C24H24N2O3S/c1-17(18-7-4-3-5-8-18)16-25-24(28)22(15-21-9-6-14-30-21)26-23(27)19-10-12-20(29-2)13-11-19/h3-15,17H,16H2,1-2H3,(H,25,28)(H,26,27)/b22-15-. The topological polar surface area (TPSA) is 67.4 Å². The Morgan fingerprint density at radius 2 is 1.77 bits per heavy atom. The maximum atomic E-state index is 12.9. The maximum Gasteiger partial charge on any atom is 0.267 e. The van der Waals surface area contributed by atoms with E-state index in [9.17, 15) is 9.59 Å². The number of benzene rings is 2. The number of nitrogens with one attached hydrogen (secondary N) is 2. The van der Waals surface area contributed by atoms with Gasteiger partial charge in [-0.15, -0.1) is 11.3 Å². The van der Waals surface area contributed by atoms with Gasteiger partial charge in [-0.3, -0.25) is 9.59 Å². The molecular weight excluding hydrogens is 396 g/mol. The lowest BCUT2D eigenvalue weighted by atomic mass is 10.0. The molecule has 0 saturated carbocycles. The summed E-state index contributed by atoms with van der Waals surface area (Å²) in [6.07, 6.45) is 1.69. The van der Waals surface area contributed by atoms with Gasteiger partial charge in [-0.25, -0.2) is 0 Å². The third kappa shape index (κ3) is 5.81. The molecule has 0 saturated heterocycles. The normalized spacial score (nSPS) is 12.1. The van der Waals surface area contributed by atoms with Crippen LogP contribution in [0.2, 0.25) is 0 Å². The summed E-state index contributed by atoms with van der Waals surface area (Å²) < 4.78 is 5.12. The highest BCUT2D eigenvalue weighted by Gasteiger charge is 2.16. The number of hydrogen-bond donors (Lipinski definition) is 2. The van der Waals surface area contributed by atoms with Crippen molar-refractivity contribution in [1.29, 1.82) is 0 Å². The molecule has 1 atom stereocenters. The van der Waals surface area contributed by atoms with Crippen molar-refractivity contribution < 1.29 is 14.3 Å². The van der Waals surface area contributed by atoms with E-state index in [1.807, 2.05) is 54.8 Å². The van der Waals surface area contributed by atoms with Crippen molar-refractivity contribution in [3.05, 3.63) is 93.8 Å². The highest BCUT2D eigenvalue weighted by atomic mass is 32.1. The molecule has 154 valence electrons. The number of amides is 2. The Morgan fingerprint density at radius 3 is 2.40 bits per heavy atom. The van der Waals surface area contributed by atoms with Crippen LogP contribution in [0.25, 0.3) is 6.08 Å². The van der Waals surface area contributed by atoms with E-state index in [2.05, 4.69) is 10.6 Å². The summed E-state index contributed by atoms with van der Waals surface area (Å²) in [5, 5.41) is 7.60. The minimum atomic E-state index is -0.355. The molecule has 1 unspecified atom stereocenters. The van der Waals surface area contributed by atoms with E-state index in [-0.39, 0.29) is 23.4 Å². The summed E-state index contributed by atoms with van der Waals surface area (Å²) in [7, 11) is 1.57. The third-order valence-electron chi connectivity index (χ3n) is 4.61. The van der Waals surface area contributed by atoms with E-state index in [1.54, 1.807) is 37.5 Å². The fourth-order valence-electron chi connectivity index (χ4n) is 2.85. The Bertz CT molecular complexity index is 997. The molecule has 0 radical (unpaired) electrons. The van der Waals surface area contributed by atoms with Crippen LogP contribution in [0.1, 0.15) is 33.6 Å². The fraction of sp³-hybridized carbons (Fsp3) is 0.167. The van der Waals surface area contributed by atoms with Gasteiger partial charge in [-0.05, 0) is 53.3 Å². The van der Waals surface area contributed by atoms with Crippen molar-refractivity contribution in [1.82, 2.24) is 10.6 Å². The molecule has 6 heteroatoms. The number of rotatable bonds is 8. The van der Waals surface area contributed by atoms with E-state index < -0.39 is 0 Å². The molecule has 2 N–H and O–H groups in total. The molecule has 2 amide bonds. The molecule has 1 heterocycles. The van der Waals surface area contributed by atoms with Crippen LogP contribution in [0, 0.1) is 0 Å². The zero-order valence-corrected chi connectivity index (χ0v) is 17.7. The predicted molar refractivity (Wildman–Crippen MR) is 121 cm³/mol. The van der Waals surface area contributed by atoms with Crippen LogP contribution < -0.4 is 15.4 Å². The maximum absolute atomic E-state index is 12.9. The molecule has 0 fully saturated rings. The van der Waals surface area contributed by atoms with Gasteiger partial charge in [0.2, 0.25) is 0 Å². The summed E-state index contributed by atoms with van der Waals surface area (Å²) in [6.45, 7) is 2.51. The highest BCUT2D eigenvalue weighted by Crippen LogP contribution is 2.16. The quantitative estimate of drug-likeness (QED) is 0.529. The molecule has 0 aliphatic rings. The number of thiophene rings is 1. The molecule has 30 heavy (non-hydrogen) atoms. The molecular formula is C24H24N2O3S. The second-order valence-electron chi connectivity index (χ2n) is 6.78. The van der Waals surface area contributed by atoms with E-state index in [1.165, 1.54) is 11.3 Å². The number of methoxy groups -OCH3 is 1. The Kier molecular flexibility index (Phi) is 7.40. The van der Waals surface area contributed by atoms with Crippen molar-refractivity contribution in [2.45, 2.75) is 12.8 Å².